The van der Waals surface area contributed by atoms with Gasteiger partial charge in [0.1, 0.15) is 6.61 Å². The molecule has 0 fully saturated rings. The molecule has 9 heteroatoms. The highest BCUT2D eigenvalue weighted by Gasteiger charge is 2.26. The summed E-state index contributed by atoms with van der Waals surface area (Å²) in [5, 5.41) is 5.14. The summed E-state index contributed by atoms with van der Waals surface area (Å²) in [6.07, 6.45) is 2.42. The third kappa shape index (κ3) is 6.39. The van der Waals surface area contributed by atoms with Crippen molar-refractivity contribution in [1.82, 2.24) is 0 Å². The van der Waals surface area contributed by atoms with Gasteiger partial charge >= 0.3 is 17.9 Å². The van der Waals surface area contributed by atoms with E-state index in [1.165, 1.54) is 24.3 Å². The van der Waals surface area contributed by atoms with Crippen molar-refractivity contribution in [2.75, 3.05) is 5.01 Å². The number of hydrazine groups is 1. The van der Waals surface area contributed by atoms with Crippen molar-refractivity contribution < 1.29 is 23.9 Å². The Morgan fingerprint density at radius 3 is 2.32 bits per heavy atom. The first kappa shape index (κ1) is 25.6. The first-order valence-corrected chi connectivity index (χ1v) is 11.9. The van der Waals surface area contributed by atoms with Crippen LogP contribution in [0.5, 0.6) is 0 Å². The van der Waals surface area contributed by atoms with Crippen LogP contribution in [0.4, 0.5) is 5.69 Å². The van der Waals surface area contributed by atoms with Crippen LogP contribution in [0.2, 0.25) is 0 Å². The number of para-hydroxylation sites is 1. The van der Waals surface area contributed by atoms with E-state index in [1.807, 2.05) is 54.6 Å². The van der Waals surface area contributed by atoms with Gasteiger partial charge in [0.25, 0.3) is 0 Å². The largest absolute Gasteiger partial charge is 0.456 e. The van der Waals surface area contributed by atoms with E-state index in [0.717, 1.165) is 29.7 Å². The number of anilines is 1. The van der Waals surface area contributed by atoms with Crippen LogP contribution in [0.25, 0.3) is 0 Å². The molecule has 37 heavy (non-hydrogen) atoms. The van der Waals surface area contributed by atoms with Crippen LogP contribution >= 0.6 is 0 Å². The van der Waals surface area contributed by atoms with Gasteiger partial charge in [-0.15, -0.1) is 0 Å². The summed E-state index contributed by atoms with van der Waals surface area (Å²) in [4.78, 5) is 37.5. The number of nitrogens with zero attached hydrogens (tertiary/aromatic N) is 2. The zero-order valence-electron chi connectivity index (χ0n) is 20.2. The second-order valence-electron chi connectivity index (χ2n) is 8.66. The fourth-order valence-corrected chi connectivity index (χ4v) is 4.24. The fourth-order valence-electron chi connectivity index (χ4n) is 4.24. The smallest absolute Gasteiger partial charge is 0.359 e. The summed E-state index contributed by atoms with van der Waals surface area (Å²) in [7, 11) is 0. The molecule has 4 N–H and O–H groups in total. The van der Waals surface area contributed by atoms with Gasteiger partial charge in [-0.05, 0) is 48.6 Å². The highest BCUT2D eigenvalue weighted by Crippen LogP contribution is 2.28. The Bertz CT molecular complexity index is 1290. The van der Waals surface area contributed by atoms with E-state index >= 15 is 0 Å². The second kappa shape index (κ2) is 12.0. The van der Waals surface area contributed by atoms with Gasteiger partial charge in [0.05, 0.1) is 23.7 Å². The van der Waals surface area contributed by atoms with Crippen LogP contribution in [0.1, 0.15) is 46.3 Å². The van der Waals surface area contributed by atoms with E-state index in [-0.39, 0.29) is 30.3 Å². The molecule has 0 amide bonds. The fraction of sp³-hybridized carbons (Fsp3) is 0.214. The highest BCUT2D eigenvalue weighted by molar-refractivity contribution is 6.43. The van der Waals surface area contributed by atoms with Gasteiger partial charge in [-0.2, -0.15) is 5.10 Å². The Morgan fingerprint density at radius 1 is 0.919 bits per heavy atom. The minimum atomic E-state index is -0.799. The molecule has 4 rings (SSSR count). The Morgan fingerprint density at radius 2 is 1.59 bits per heavy atom. The van der Waals surface area contributed by atoms with Gasteiger partial charge in [-0.3, -0.25) is 4.79 Å². The van der Waals surface area contributed by atoms with Crippen LogP contribution in [0.3, 0.4) is 0 Å². The van der Waals surface area contributed by atoms with Crippen molar-refractivity contribution in [1.29, 1.82) is 0 Å². The van der Waals surface area contributed by atoms with E-state index in [0.29, 0.717) is 12.0 Å². The van der Waals surface area contributed by atoms with Gasteiger partial charge in [-0.25, -0.2) is 15.4 Å². The van der Waals surface area contributed by atoms with E-state index < -0.39 is 17.9 Å². The molecule has 0 aromatic heterocycles. The Hall–Kier alpha value is -4.50. The molecule has 9 nitrogen and oxygen atoms in total. The first-order valence-electron chi connectivity index (χ1n) is 11.9. The topological polar surface area (TPSA) is 137 Å². The van der Waals surface area contributed by atoms with Crippen molar-refractivity contribution >= 4 is 29.3 Å². The molecule has 1 unspecified atom stereocenters. The van der Waals surface area contributed by atoms with Crippen LogP contribution in [-0.2, 0) is 32.1 Å². The number of benzene rings is 3. The standard InChI is InChI=1S/C28H28N4O5/c29-31-26(28(35)36-18-19-7-2-1-3-8-19)21-13-15-22(16-14-21)27(34)37-25(33)17-23-11-6-10-20-9-4-5-12-24(20)32(23)30/h1-5,7-9,12-16,23H,6,10-11,17-18,29-30H2. The van der Waals surface area contributed by atoms with Crippen LogP contribution < -0.4 is 16.7 Å². The number of hydrogen-bond acceptors (Lipinski definition) is 9. The number of carbonyl (C=O) groups excluding carboxylic acids is 3. The molecule has 1 heterocycles. The minimum Gasteiger partial charge on any atom is -0.456 e. The summed E-state index contributed by atoms with van der Waals surface area (Å²) >= 11 is 0. The normalized spacial score (nSPS) is 15.3. The maximum atomic E-state index is 12.6. The van der Waals surface area contributed by atoms with Gasteiger partial charge in [0, 0.05) is 5.56 Å². The number of hydrogen-bond donors (Lipinski definition) is 2. The lowest BCUT2D eigenvalue weighted by Gasteiger charge is -2.27. The predicted molar refractivity (Wildman–Crippen MR) is 138 cm³/mol. The highest BCUT2D eigenvalue weighted by atomic mass is 16.6. The number of ether oxygens (including phenoxy) is 2. The predicted octanol–water partition coefficient (Wildman–Crippen LogP) is 3.25. The SMILES string of the molecule is NN=C(C(=O)OCc1ccccc1)c1ccc(C(=O)OC(=O)CC2CCCc3ccccc3N2N)cc1. The first-order chi connectivity index (χ1) is 18.0. The summed E-state index contributed by atoms with van der Waals surface area (Å²) < 4.78 is 10.3. The number of aryl methyl sites for hydroxylation is 1. The van der Waals surface area contributed by atoms with E-state index in [9.17, 15) is 14.4 Å². The van der Waals surface area contributed by atoms with Gasteiger partial charge in [0.2, 0.25) is 0 Å². The number of nitrogens with two attached hydrogens (primary N) is 2. The number of fused-ring (bicyclic) bond motifs is 1. The van der Waals surface area contributed by atoms with Crippen LogP contribution in [0.15, 0.2) is 84.0 Å². The van der Waals surface area contributed by atoms with Crippen molar-refractivity contribution in [2.24, 2.45) is 16.8 Å². The number of carbonyl (C=O) groups is 3. The molecule has 0 radical (unpaired) electrons. The quantitative estimate of drug-likeness (QED) is 0.166. The molecule has 190 valence electrons. The summed E-state index contributed by atoms with van der Waals surface area (Å²) in [5.41, 5.74) is 3.23. The van der Waals surface area contributed by atoms with E-state index in [1.54, 1.807) is 5.01 Å². The average Bonchev–Trinajstić information content (AvgIpc) is 3.07. The monoisotopic (exact) mass is 500 g/mol. The zero-order valence-corrected chi connectivity index (χ0v) is 20.2. The molecule has 0 saturated carbocycles. The summed E-state index contributed by atoms with van der Waals surface area (Å²) in [6, 6.07) is 22.5. The van der Waals surface area contributed by atoms with E-state index in [2.05, 4.69) is 5.10 Å². The molecule has 3 aromatic carbocycles. The van der Waals surface area contributed by atoms with Crippen molar-refractivity contribution in [3.8, 4) is 0 Å². The number of hydrazone groups is 1. The van der Waals surface area contributed by atoms with Gasteiger partial charge in [0.15, 0.2) is 5.71 Å². The molecule has 1 aliphatic heterocycles. The maximum Gasteiger partial charge on any atom is 0.359 e. The second-order valence-corrected chi connectivity index (χ2v) is 8.66. The number of esters is 3. The van der Waals surface area contributed by atoms with Crippen LogP contribution in [0, 0.1) is 0 Å². The summed E-state index contributed by atoms with van der Waals surface area (Å²) in [6.45, 7) is 0.0675. The van der Waals surface area contributed by atoms with E-state index in [4.69, 9.17) is 21.2 Å². The third-order valence-corrected chi connectivity index (χ3v) is 6.18. The lowest BCUT2D eigenvalue weighted by atomic mass is 10.1. The molecule has 3 aromatic rings. The third-order valence-electron chi connectivity index (χ3n) is 6.18. The van der Waals surface area contributed by atoms with Crippen molar-refractivity contribution in [2.45, 2.75) is 38.3 Å². The van der Waals surface area contributed by atoms with Crippen molar-refractivity contribution in [3.05, 3.63) is 101 Å². The zero-order chi connectivity index (χ0) is 26.2. The Kier molecular flexibility index (Phi) is 8.27. The van der Waals surface area contributed by atoms with Gasteiger partial charge in [-0.1, -0.05) is 60.7 Å². The number of rotatable bonds is 7. The minimum absolute atomic E-state index is 0.0219. The lowest BCUT2D eigenvalue weighted by molar-refractivity contribution is -0.138. The molecule has 0 aliphatic carbocycles. The molecular weight excluding hydrogens is 472 g/mol. The molecule has 0 spiro atoms. The summed E-state index contributed by atoms with van der Waals surface area (Å²) in [5.74, 6) is 9.55. The van der Waals surface area contributed by atoms with Crippen molar-refractivity contribution in [3.63, 3.8) is 0 Å². The Balaban J connectivity index is 1.34. The van der Waals surface area contributed by atoms with Gasteiger partial charge < -0.3 is 20.3 Å². The lowest BCUT2D eigenvalue weighted by Crippen LogP contribution is -2.42. The maximum absolute atomic E-state index is 12.6. The average molecular weight is 501 g/mol. The molecule has 0 bridgehead atoms. The molecule has 1 atom stereocenters. The van der Waals surface area contributed by atoms with Crippen LogP contribution in [-0.4, -0.2) is 29.7 Å². The molecule has 1 aliphatic rings. The Labute approximate surface area is 214 Å². The molecule has 0 saturated heterocycles. The molecular formula is C28H28N4O5.